The summed E-state index contributed by atoms with van der Waals surface area (Å²) in [4.78, 5) is 20.9. The lowest BCUT2D eigenvalue weighted by atomic mass is 10.1. The van der Waals surface area contributed by atoms with Crippen LogP contribution in [-0.2, 0) is 17.5 Å². The summed E-state index contributed by atoms with van der Waals surface area (Å²) in [5.41, 5.74) is 0.790. The Morgan fingerprint density at radius 1 is 0.788 bits per heavy atom. The Morgan fingerprint density at radius 2 is 1.39 bits per heavy atom. The molecular weight excluding hydrogens is 436 g/mol. The molecule has 2 fully saturated rings. The van der Waals surface area contributed by atoms with Crippen molar-refractivity contribution in [3.63, 3.8) is 0 Å². The van der Waals surface area contributed by atoms with E-state index < -0.39 is 11.7 Å². The molecule has 1 amide bonds. The molecule has 0 N–H and O–H groups in total. The number of halogens is 4. The summed E-state index contributed by atoms with van der Waals surface area (Å²) in [6.45, 7) is 6.29. The molecule has 2 aliphatic heterocycles. The van der Waals surface area contributed by atoms with Crippen molar-refractivity contribution in [2.45, 2.75) is 12.7 Å². The number of rotatable bonds is 5. The Bertz CT molecular complexity index is 934. The number of carbonyl (C=O) groups is 1. The first-order valence-corrected chi connectivity index (χ1v) is 11.2. The SMILES string of the molecule is O=C(CN1CCN(Cc2ccc(C(F)(F)F)cc2)CC1)N1CCN(c2ccccc2F)CC1. The van der Waals surface area contributed by atoms with Gasteiger partial charge in [-0.1, -0.05) is 24.3 Å². The van der Waals surface area contributed by atoms with E-state index in [1.165, 1.54) is 18.2 Å². The van der Waals surface area contributed by atoms with Gasteiger partial charge < -0.3 is 9.80 Å². The van der Waals surface area contributed by atoms with Crippen LogP contribution in [0.5, 0.6) is 0 Å². The van der Waals surface area contributed by atoms with E-state index in [0.29, 0.717) is 45.0 Å². The third-order valence-corrected chi connectivity index (χ3v) is 6.34. The molecule has 2 aliphatic rings. The number of para-hydroxylation sites is 1. The fourth-order valence-corrected chi connectivity index (χ4v) is 4.36. The van der Waals surface area contributed by atoms with Gasteiger partial charge in [0, 0.05) is 58.9 Å². The molecule has 0 radical (unpaired) electrons. The van der Waals surface area contributed by atoms with Crippen LogP contribution in [0.3, 0.4) is 0 Å². The number of carbonyl (C=O) groups excluding carboxylic acids is 1. The molecule has 2 saturated heterocycles. The predicted octanol–water partition coefficient (Wildman–Crippen LogP) is 3.31. The van der Waals surface area contributed by atoms with Gasteiger partial charge in [-0.2, -0.15) is 13.2 Å². The van der Waals surface area contributed by atoms with Gasteiger partial charge in [0.1, 0.15) is 5.82 Å². The van der Waals surface area contributed by atoms with Gasteiger partial charge in [0.15, 0.2) is 0 Å². The predicted molar refractivity (Wildman–Crippen MR) is 118 cm³/mol. The van der Waals surface area contributed by atoms with E-state index in [9.17, 15) is 22.4 Å². The highest BCUT2D eigenvalue weighted by atomic mass is 19.4. The summed E-state index contributed by atoms with van der Waals surface area (Å²) in [6.07, 6.45) is -4.32. The molecule has 0 aromatic heterocycles. The molecule has 33 heavy (non-hydrogen) atoms. The van der Waals surface area contributed by atoms with E-state index in [2.05, 4.69) is 9.80 Å². The van der Waals surface area contributed by atoms with Gasteiger partial charge in [0.05, 0.1) is 17.8 Å². The Kier molecular flexibility index (Phi) is 7.19. The smallest absolute Gasteiger partial charge is 0.366 e. The van der Waals surface area contributed by atoms with Crippen LogP contribution in [0.1, 0.15) is 11.1 Å². The molecule has 0 unspecified atom stereocenters. The second-order valence-electron chi connectivity index (χ2n) is 8.57. The summed E-state index contributed by atoms with van der Waals surface area (Å²) in [5.74, 6) is -0.161. The van der Waals surface area contributed by atoms with Crippen molar-refractivity contribution in [2.24, 2.45) is 0 Å². The first-order valence-electron chi connectivity index (χ1n) is 11.2. The number of benzene rings is 2. The summed E-state index contributed by atoms with van der Waals surface area (Å²) in [7, 11) is 0. The van der Waals surface area contributed by atoms with Crippen LogP contribution in [0.15, 0.2) is 48.5 Å². The van der Waals surface area contributed by atoms with E-state index in [4.69, 9.17) is 0 Å². The first-order chi connectivity index (χ1) is 15.8. The highest BCUT2D eigenvalue weighted by Gasteiger charge is 2.30. The highest BCUT2D eigenvalue weighted by Crippen LogP contribution is 2.29. The van der Waals surface area contributed by atoms with Crippen molar-refractivity contribution >= 4 is 11.6 Å². The average molecular weight is 465 g/mol. The molecule has 2 aromatic rings. The average Bonchev–Trinajstić information content (AvgIpc) is 2.80. The van der Waals surface area contributed by atoms with Crippen molar-refractivity contribution < 1.29 is 22.4 Å². The minimum atomic E-state index is -4.32. The maximum absolute atomic E-state index is 14.0. The summed E-state index contributed by atoms with van der Waals surface area (Å²) in [6, 6.07) is 12.0. The van der Waals surface area contributed by atoms with Crippen molar-refractivity contribution in [1.29, 1.82) is 0 Å². The molecule has 178 valence electrons. The first kappa shape index (κ1) is 23.5. The van der Waals surface area contributed by atoms with Gasteiger partial charge in [-0.25, -0.2) is 4.39 Å². The van der Waals surface area contributed by atoms with Crippen LogP contribution in [-0.4, -0.2) is 79.5 Å². The third kappa shape index (κ3) is 6.03. The highest BCUT2D eigenvalue weighted by molar-refractivity contribution is 5.78. The number of piperazine rings is 2. The van der Waals surface area contributed by atoms with E-state index in [-0.39, 0.29) is 11.7 Å². The molecule has 2 aromatic carbocycles. The summed E-state index contributed by atoms with van der Waals surface area (Å²) >= 11 is 0. The topological polar surface area (TPSA) is 30.0 Å². The largest absolute Gasteiger partial charge is 0.416 e. The second kappa shape index (κ2) is 10.1. The third-order valence-electron chi connectivity index (χ3n) is 6.34. The molecule has 0 bridgehead atoms. The van der Waals surface area contributed by atoms with Crippen molar-refractivity contribution in [2.75, 3.05) is 63.8 Å². The quantitative estimate of drug-likeness (QED) is 0.636. The van der Waals surface area contributed by atoms with Crippen molar-refractivity contribution in [3.8, 4) is 0 Å². The van der Waals surface area contributed by atoms with Crippen LogP contribution in [0.4, 0.5) is 23.2 Å². The van der Waals surface area contributed by atoms with Crippen molar-refractivity contribution in [3.05, 3.63) is 65.5 Å². The van der Waals surface area contributed by atoms with Gasteiger partial charge in [-0.15, -0.1) is 0 Å². The number of hydrogen-bond acceptors (Lipinski definition) is 4. The number of hydrogen-bond donors (Lipinski definition) is 0. The van der Waals surface area contributed by atoms with Gasteiger partial charge in [-0.05, 0) is 29.8 Å². The Hall–Kier alpha value is -2.65. The molecule has 4 rings (SSSR count). The second-order valence-corrected chi connectivity index (χ2v) is 8.57. The number of alkyl halides is 3. The van der Waals surface area contributed by atoms with Crippen LogP contribution in [0.25, 0.3) is 0 Å². The van der Waals surface area contributed by atoms with Crippen molar-refractivity contribution in [1.82, 2.24) is 14.7 Å². The van der Waals surface area contributed by atoms with Crippen LogP contribution in [0, 0.1) is 5.82 Å². The molecule has 0 atom stereocenters. The number of amides is 1. The van der Waals surface area contributed by atoms with E-state index in [1.807, 2.05) is 15.9 Å². The number of nitrogens with zero attached hydrogens (tertiary/aromatic N) is 4. The zero-order valence-corrected chi connectivity index (χ0v) is 18.4. The van der Waals surface area contributed by atoms with Gasteiger partial charge >= 0.3 is 6.18 Å². The maximum Gasteiger partial charge on any atom is 0.416 e. The monoisotopic (exact) mass is 464 g/mol. The lowest BCUT2D eigenvalue weighted by Gasteiger charge is -2.38. The molecule has 5 nitrogen and oxygen atoms in total. The molecular formula is C24H28F4N4O. The number of anilines is 1. The fraction of sp³-hybridized carbons (Fsp3) is 0.458. The zero-order chi connectivity index (χ0) is 23.4. The minimum absolute atomic E-state index is 0.0828. The van der Waals surface area contributed by atoms with E-state index in [0.717, 1.165) is 43.9 Å². The molecule has 2 heterocycles. The van der Waals surface area contributed by atoms with Crippen LogP contribution in [0.2, 0.25) is 0 Å². The molecule has 0 spiro atoms. The Labute approximate surface area is 191 Å². The van der Waals surface area contributed by atoms with Crippen LogP contribution >= 0.6 is 0 Å². The standard InChI is InChI=1S/C24H28F4N4O/c25-21-3-1-2-4-22(21)31-13-15-32(16-14-31)23(33)18-30-11-9-29(10-12-30)17-19-5-7-20(8-6-19)24(26,27)28/h1-8H,9-18H2. The molecule has 0 saturated carbocycles. The molecule has 9 heteroatoms. The zero-order valence-electron chi connectivity index (χ0n) is 18.4. The van der Waals surface area contributed by atoms with E-state index in [1.54, 1.807) is 12.1 Å². The maximum atomic E-state index is 14.0. The van der Waals surface area contributed by atoms with Crippen LogP contribution < -0.4 is 4.90 Å². The Balaban J connectivity index is 1.19. The molecule has 0 aliphatic carbocycles. The summed E-state index contributed by atoms with van der Waals surface area (Å²) in [5, 5.41) is 0. The Morgan fingerprint density at radius 3 is 2.00 bits per heavy atom. The minimum Gasteiger partial charge on any atom is -0.366 e. The van der Waals surface area contributed by atoms with Gasteiger partial charge in [0.2, 0.25) is 5.91 Å². The lowest BCUT2D eigenvalue weighted by Crippen LogP contribution is -2.53. The van der Waals surface area contributed by atoms with Gasteiger partial charge in [0.25, 0.3) is 0 Å². The normalized spacial score (nSPS) is 18.5. The fourth-order valence-electron chi connectivity index (χ4n) is 4.36. The van der Waals surface area contributed by atoms with Gasteiger partial charge in [-0.3, -0.25) is 14.6 Å². The summed E-state index contributed by atoms with van der Waals surface area (Å²) < 4.78 is 52.1. The van der Waals surface area contributed by atoms with E-state index >= 15 is 0 Å². The lowest BCUT2D eigenvalue weighted by molar-refractivity contribution is -0.137.